The van der Waals surface area contributed by atoms with Crippen molar-refractivity contribution in [2.24, 2.45) is 0 Å². The molecule has 0 aliphatic carbocycles. The zero-order valence-electron chi connectivity index (χ0n) is 12.6. The third-order valence-corrected chi connectivity index (χ3v) is 5.03. The van der Waals surface area contributed by atoms with E-state index in [0.717, 1.165) is 43.4 Å². The first-order chi connectivity index (χ1) is 10.8. The molecule has 2 aromatic heterocycles. The van der Waals surface area contributed by atoms with E-state index in [4.69, 9.17) is 0 Å². The van der Waals surface area contributed by atoms with Crippen LogP contribution in [0.1, 0.15) is 15.6 Å². The smallest absolute Gasteiger partial charge is 0.164 e. The van der Waals surface area contributed by atoms with E-state index in [9.17, 15) is 0 Å². The van der Waals surface area contributed by atoms with Gasteiger partial charge in [-0.1, -0.05) is 30.3 Å². The Balaban J connectivity index is 1.54. The van der Waals surface area contributed by atoms with Gasteiger partial charge >= 0.3 is 0 Å². The van der Waals surface area contributed by atoms with Crippen molar-refractivity contribution in [2.75, 3.05) is 6.54 Å². The summed E-state index contributed by atoms with van der Waals surface area (Å²) >= 11 is 1.88. The van der Waals surface area contributed by atoms with Crippen LogP contribution in [0, 0.1) is 6.92 Å². The second kappa shape index (κ2) is 5.66. The van der Waals surface area contributed by atoms with Crippen LogP contribution in [-0.4, -0.2) is 26.2 Å². The first-order valence-electron chi connectivity index (χ1n) is 7.55. The van der Waals surface area contributed by atoms with E-state index in [1.807, 2.05) is 29.5 Å². The van der Waals surface area contributed by atoms with Crippen LogP contribution in [-0.2, 0) is 19.6 Å². The summed E-state index contributed by atoms with van der Waals surface area (Å²) in [5.41, 5.74) is 1.14. The maximum atomic E-state index is 4.40. The Labute approximate surface area is 134 Å². The van der Waals surface area contributed by atoms with Crippen molar-refractivity contribution in [1.29, 1.82) is 0 Å². The summed E-state index contributed by atoms with van der Waals surface area (Å²) in [7, 11) is 0. The molecular formula is C17H18N4S. The topological polar surface area (TPSA) is 34.0 Å². The van der Waals surface area contributed by atoms with Gasteiger partial charge in [0.25, 0.3) is 0 Å². The summed E-state index contributed by atoms with van der Waals surface area (Å²) in [6.07, 6.45) is 0. The van der Waals surface area contributed by atoms with Crippen LogP contribution >= 0.6 is 11.3 Å². The lowest BCUT2D eigenvalue weighted by Gasteiger charge is -2.27. The lowest BCUT2D eigenvalue weighted by atomic mass is 10.2. The molecule has 112 valence electrons. The van der Waals surface area contributed by atoms with Gasteiger partial charge in [-0.2, -0.15) is 0 Å². The van der Waals surface area contributed by atoms with E-state index < -0.39 is 0 Å². The van der Waals surface area contributed by atoms with Gasteiger partial charge in [0.1, 0.15) is 5.82 Å². The molecule has 1 aliphatic heterocycles. The van der Waals surface area contributed by atoms with E-state index in [1.54, 1.807) is 0 Å². The van der Waals surface area contributed by atoms with Gasteiger partial charge in [0.15, 0.2) is 5.82 Å². The minimum atomic E-state index is 0.872. The standard InChI is InChI=1S/C17H18N4S/c1-13-7-8-15(22-13)11-20-9-10-21-16(12-20)18-19-17(21)14-5-3-2-4-6-14/h2-8H,9-12H2,1H3. The Kier molecular flexibility index (Phi) is 3.52. The van der Waals surface area contributed by atoms with Gasteiger partial charge in [-0.3, -0.25) is 4.90 Å². The molecule has 0 N–H and O–H groups in total. The monoisotopic (exact) mass is 310 g/mol. The number of aryl methyl sites for hydroxylation is 1. The van der Waals surface area contributed by atoms with Gasteiger partial charge in [-0.15, -0.1) is 21.5 Å². The second-order valence-corrected chi connectivity index (χ2v) is 7.05. The van der Waals surface area contributed by atoms with Gasteiger partial charge in [0.05, 0.1) is 6.54 Å². The van der Waals surface area contributed by atoms with Crippen LogP contribution in [0.4, 0.5) is 0 Å². The predicted molar refractivity (Wildman–Crippen MR) is 88.6 cm³/mol. The molecule has 4 nitrogen and oxygen atoms in total. The molecule has 0 fully saturated rings. The molecule has 0 radical (unpaired) electrons. The molecule has 0 bridgehead atoms. The Bertz CT molecular complexity index is 775. The molecule has 0 saturated heterocycles. The summed E-state index contributed by atoms with van der Waals surface area (Å²) in [6, 6.07) is 14.7. The highest BCUT2D eigenvalue weighted by Crippen LogP contribution is 2.23. The molecule has 0 spiro atoms. The lowest BCUT2D eigenvalue weighted by Crippen LogP contribution is -2.33. The van der Waals surface area contributed by atoms with Crippen LogP contribution in [0.5, 0.6) is 0 Å². The van der Waals surface area contributed by atoms with Gasteiger partial charge in [-0.05, 0) is 19.1 Å². The lowest BCUT2D eigenvalue weighted by molar-refractivity contribution is 0.211. The first-order valence-corrected chi connectivity index (χ1v) is 8.36. The van der Waals surface area contributed by atoms with Crippen LogP contribution in [0.3, 0.4) is 0 Å². The van der Waals surface area contributed by atoms with Gasteiger partial charge in [0.2, 0.25) is 0 Å². The highest BCUT2D eigenvalue weighted by atomic mass is 32.1. The zero-order valence-corrected chi connectivity index (χ0v) is 13.4. The Morgan fingerprint density at radius 1 is 1.05 bits per heavy atom. The molecular weight excluding hydrogens is 292 g/mol. The molecule has 22 heavy (non-hydrogen) atoms. The Hall–Kier alpha value is -1.98. The van der Waals surface area contributed by atoms with Crippen molar-refractivity contribution in [1.82, 2.24) is 19.7 Å². The van der Waals surface area contributed by atoms with E-state index in [-0.39, 0.29) is 0 Å². The van der Waals surface area contributed by atoms with E-state index in [1.165, 1.54) is 9.75 Å². The Morgan fingerprint density at radius 2 is 1.91 bits per heavy atom. The second-order valence-electron chi connectivity index (χ2n) is 5.68. The zero-order chi connectivity index (χ0) is 14.9. The first kappa shape index (κ1) is 13.7. The fraction of sp³-hybridized carbons (Fsp3) is 0.294. The SMILES string of the molecule is Cc1ccc(CN2CCn3c(nnc3-c3ccccc3)C2)s1. The summed E-state index contributed by atoms with van der Waals surface area (Å²) in [5.74, 6) is 2.06. The molecule has 0 unspecified atom stereocenters. The van der Waals surface area contributed by atoms with E-state index in [0.29, 0.717) is 0 Å². The van der Waals surface area contributed by atoms with E-state index >= 15 is 0 Å². The number of rotatable bonds is 3. The molecule has 3 aromatic rings. The molecule has 1 aliphatic rings. The van der Waals surface area contributed by atoms with Crippen LogP contribution < -0.4 is 0 Å². The average Bonchev–Trinajstić information content (AvgIpc) is 3.14. The van der Waals surface area contributed by atoms with Crippen molar-refractivity contribution in [3.05, 3.63) is 58.0 Å². The highest BCUT2D eigenvalue weighted by molar-refractivity contribution is 7.11. The van der Waals surface area contributed by atoms with Crippen molar-refractivity contribution in [3.8, 4) is 11.4 Å². The average molecular weight is 310 g/mol. The quantitative estimate of drug-likeness (QED) is 0.744. The largest absolute Gasteiger partial charge is 0.309 e. The van der Waals surface area contributed by atoms with Crippen molar-refractivity contribution >= 4 is 11.3 Å². The third kappa shape index (κ3) is 2.58. The van der Waals surface area contributed by atoms with Gasteiger partial charge < -0.3 is 4.57 Å². The minimum Gasteiger partial charge on any atom is -0.309 e. The van der Waals surface area contributed by atoms with Crippen LogP contribution in [0.2, 0.25) is 0 Å². The maximum Gasteiger partial charge on any atom is 0.164 e. The van der Waals surface area contributed by atoms with Crippen molar-refractivity contribution in [3.63, 3.8) is 0 Å². The highest BCUT2D eigenvalue weighted by Gasteiger charge is 2.22. The third-order valence-electron chi connectivity index (χ3n) is 4.04. The summed E-state index contributed by atoms with van der Waals surface area (Å²) in [4.78, 5) is 5.25. The number of aromatic nitrogens is 3. The predicted octanol–water partition coefficient (Wildman–Crippen LogP) is 3.33. The molecule has 0 amide bonds. The number of hydrogen-bond donors (Lipinski definition) is 0. The number of benzene rings is 1. The summed E-state index contributed by atoms with van der Waals surface area (Å²) in [6.45, 7) is 6.04. The fourth-order valence-electron chi connectivity index (χ4n) is 2.93. The van der Waals surface area contributed by atoms with E-state index in [2.05, 4.69) is 50.9 Å². The maximum absolute atomic E-state index is 4.40. The summed E-state index contributed by atoms with van der Waals surface area (Å²) in [5, 5.41) is 8.81. The minimum absolute atomic E-state index is 0.872. The molecule has 0 saturated carbocycles. The Morgan fingerprint density at radius 3 is 2.68 bits per heavy atom. The number of fused-ring (bicyclic) bond motifs is 1. The fourth-order valence-corrected chi connectivity index (χ4v) is 3.87. The molecule has 5 heteroatoms. The molecule has 4 rings (SSSR count). The molecule has 1 aromatic carbocycles. The number of hydrogen-bond acceptors (Lipinski definition) is 4. The molecule has 0 atom stereocenters. The number of nitrogens with zero attached hydrogens (tertiary/aromatic N) is 4. The normalized spacial score (nSPS) is 15.0. The van der Waals surface area contributed by atoms with Crippen molar-refractivity contribution < 1.29 is 0 Å². The van der Waals surface area contributed by atoms with Crippen molar-refractivity contribution in [2.45, 2.75) is 26.6 Å². The van der Waals surface area contributed by atoms with Gasteiger partial charge in [0, 0.05) is 35.0 Å². The number of thiophene rings is 1. The summed E-state index contributed by atoms with van der Waals surface area (Å²) < 4.78 is 2.26. The molecule has 3 heterocycles. The van der Waals surface area contributed by atoms with Crippen LogP contribution in [0.25, 0.3) is 11.4 Å². The van der Waals surface area contributed by atoms with Crippen LogP contribution in [0.15, 0.2) is 42.5 Å². The van der Waals surface area contributed by atoms with Gasteiger partial charge in [-0.25, -0.2) is 0 Å².